The number of carbonyl (C=O) groups excluding carboxylic acids is 1. The van der Waals surface area contributed by atoms with Gasteiger partial charge in [0.15, 0.2) is 0 Å². The molecule has 2 N–H and O–H groups in total. The van der Waals surface area contributed by atoms with Crippen LogP contribution in [0.5, 0.6) is 0 Å². The van der Waals surface area contributed by atoms with Crippen molar-refractivity contribution in [2.45, 2.75) is 76.8 Å². The van der Waals surface area contributed by atoms with E-state index in [1.165, 1.54) is 4.90 Å². The summed E-state index contributed by atoms with van der Waals surface area (Å²) in [5, 5.41) is 9.27. The number of likely N-dealkylation sites (tertiary alicyclic amines) is 1. The molecule has 1 fully saturated rings. The summed E-state index contributed by atoms with van der Waals surface area (Å²) in [4.78, 5) is 31.6. The first-order chi connectivity index (χ1) is 14.8. The van der Waals surface area contributed by atoms with Gasteiger partial charge in [0, 0.05) is 49.4 Å². The van der Waals surface area contributed by atoms with Crippen LogP contribution in [-0.4, -0.2) is 72.7 Å². The smallest absolute Gasteiger partial charge is 0.410 e. The largest absolute Gasteiger partial charge is 0.598 e. The minimum absolute atomic E-state index is 0.186. The van der Waals surface area contributed by atoms with Gasteiger partial charge in [-0.15, -0.1) is 4.72 Å². The molecule has 0 bridgehead atoms. The van der Waals surface area contributed by atoms with Crippen molar-refractivity contribution in [1.29, 1.82) is 0 Å². The zero-order chi connectivity index (χ0) is 24.1. The quantitative estimate of drug-likeness (QED) is 0.613. The second-order valence-electron chi connectivity index (χ2n) is 9.97. The summed E-state index contributed by atoms with van der Waals surface area (Å²) in [5.41, 5.74) is 0.180. The Kier molecular flexibility index (Phi) is 8.78. The van der Waals surface area contributed by atoms with Crippen molar-refractivity contribution in [2.24, 2.45) is 0 Å². The highest BCUT2D eigenvalue weighted by molar-refractivity contribution is 7.90. The van der Waals surface area contributed by atoms with Gasteiger partial charge in [-0.25, -0.2) is 9.59 Å². The average molecular weight is 469 g/mol. The molecule has 2 heterocycles. The van der Waals surface area contributed by atoms with Crippen molar-refractivity contribution >= 4 is 23.5 Å². The van der Waals surface area contributed by atoms with E-state index < -0.39 is 39.9 Å². The lowest BCUT2D eigenvalue weighted by molar-refractivity contribution is 0.00702. The van der Waals surface area contributed by atoms with Gasteiger partial charge in [0.25, 0.3) is 0 Å². The SMILES string of the molecule is CC(C)(C)OC(=O)N(CC(N[S+]([O-])C(C)(C)C)c1ccncc1)C1CCN(C(=O)O)CC1. The summed E-state index contributed by atoms with van der Waals surface area (Å²) in [6.07, 6.45) is 2.92. The highest BCUT2D eigenvalue weighted by Gasteiger charge is 2.36. The summed E-state index contributed by atoms with van der Waals surface area (Å²) in [6.45, 7) is 12.0. The third-order valence-corrected chi connectivity index (χ3v) is 6.71. The molecule has 2 amide bonds. The van der Waals surface area contributed by atoms with E-state index in [0.717, 1.165) is 5.56 Å². The number of nitrogens with zero attached hydrogens (tertiary/aromatic N) is 3. The molecule has 0 saturated carbocycles. The summed E-state index contributed by atoms with van der Waals surface area (Å²) >= 11 is -1.37. The Morgan fingerprint density at radius 2 is 1.81 bits per heavy atom. The van der Waals surface area contributed by atoms with Crippen LogP contribution in [0.4, 0.5) is 9.59 Å². The number of carbonyl (C=O) groups is 2. The highest BCUT2D eigenvalue weighted by atomic mass is 32.2. The molecule has 180 valence electrons. The summed E-state index contributed by atoms with van der Waals surface area (Å²) in [5.74, 6) is 0. The fourth-order valence-corrected chi connectivity index (χ4v) is 4.19. The number of ether oxygens (including phenoxy) is 1. The minimum Gasteiger partial charge on any atom is -0.598 e. The van der Waals surface area contributed by atoms with Crippen molar-refractivity contribution in [1.82, 2.24) is 19.5 Å². The Labute approximate surface area is 193 Å². The fourth-order valence-electron chi connectivity index (χ4n) is 3.37. The first-order valence-electron chi connectivity index (χ1n) is 10.8. The molecular formula is C22H36N4O5S. The molecular weight excluding hydrogens is 432 g/mol. The van der Waals surface area contributed by atoms with Gasteiger partial charge in [0.05, 0.1) is 6.04 Å². The van der Waals surface area contributed by atoms with Gasteiger partial charge < -0.3 is 24.2 Å². The van der Waals surface area contributed by atoms with Crippen LogP contribution in [0, 0.1) is 0 Å². The molecule has 9 nitrogen and oxygen atoms in total. The molecule has 2 atom stereocenters. The number of hydrogen-bond acceptors (Lipinski definition) is 6. The fraction of sp³-hybridized carbons (Fsp3) is 0.682. The molecule has 10 heteroatoms. The van der Waals surface area contributed by atoms with E-state index in [0.29, 0.717) is 25.9 Å². The van der Waals surface area contributed by atoms with Crippen molar-refractivity contribution in [3.63, 3.8) is 0 Å². The summed E-state index contributed by atoms with van der Waals surface area (Å²) < 4.78 is 21.3. The Bertz CT molecular complexity index is 758. The Morgan fingerprint density at radius 1 is 1.25 bits per heavy atom. The molecule has 0 aromatic carbocycles. The Morgan fingerprint density at radius 3 is 2.28 bits per heavy atom. The van der Waals surface area contributed by atoms with Crippen molar-refractivity contribution in [2.75, 3.05) is 19.6 Å². The molecule has 0 aliphatic carbocycles. The van der Waals surface area contributed by atoms with Gasteiger partial charge >= 0.3 is 12.2 Å². The first-order valence-corrected chi connectivity index (χ1v) is 12.0. The third kappa shape index (κ3) is 7.83. The molecule has 0 radical (unpaired) electrons. The average Bonchev–Trinajstić information content (AvgIpc) is 2.69. The van der Waals surface area contributed by atoms with E-state index >= 15 is 0 Å². The zero-order valence-electron chi connectivity index (χ0n) is 19.8. The predicted octanol–water partition coefficient (Wildman–Crippen LogP) is 3.55. The van der Waals surface area contributed by atoms with Gasteiger partial charge in [-0.05, 0) is 72.1 Å². The predicted molar refractivity (Wildman–Crippen MR) is 124 cm³/mol. The molecule has 1 aromatic heterocycles. The molecule has 1 aliphatic heterocycles. The molecule has 2 rings (SSSR count). The second-order valence-corrected chi connectivity index (χ2v) is 12.0. The third-order valence-electron chi connectivity index (χ3n) is 5.10. The normalized spacial score (nSPS) is 17.5. The Hall–Kier alpha value is -2.04. The van der Waals surface area contributed by atoms with Crippen LogP contribution in [-0.2, 0) is 16.1 Å². The Balaban J connectivity index is 2.30. The highest BCUT2D eigenvalue weighted by Crippen LogP contribution is 2.26. The van der Waals surface area contributed by atoms with Gasteiger partial charge in [0.2, 0.25) is 0 Å². The standard InChI is InChI=1S/C22H36N4O5S/c1-21(2,3)31-20(29)26(17-9-13-25(14-10-17)19(27)28)15-18(16-7-11-23-12-8-16)24-32(30)22(4,5)6/h7-8,11-12,17-18,24H,9-10,13-15H2,1-6H3,(H,27,28). The van der Waals surface area contributed by atoms with Crippen LogP contribution >= 0.6 is 0 Å². The number of piperidine rings is 1. The van der Waals surface area contributed by atoms with Crippen LogP contribution in [0.3, 0.4) is 0 Å². The molecule has 32 heavy (non-hydrogen) atoms. The van der Waals surface area contributed by atoms with Crippen LogP contribution in [0.25, 0.3) is 0 Å². The van der Waals surface area contributed by atoms with E-state index in [2.05, 4.69) is 9.71 Å². The van der Waals surface area contributed by atoms with Crippen LogP contribution in [0.15, 0.2) is 24.5 Å². The van der Waals surface area contributed by atoms with Crippen LogP contribution in [0.1, 0.15) is 66.0 Å². The number of hydrogen-bond donors (Lipinski definition) is 2. The molecule has 1 aromatic rings. The van der Waals surface area contributed by atoms with Crippen LogP contribution < -0.4 is 4.72 Å². The van der Waals surface area contributed by atoms with E-state index in [4.69, 9.17) is 4.74 Å². The van der Waals surface area contributed by atoms with E-state index in [1.54, 1.807) is 17.3 Å². The monoisotopic (exact) mass is 468 g/mol. The maximum Gasteiger partial charge on any atom is 0.410 e. The van der Waals surface area contributed by atoms with Gasteiger partial charge in [-0.1, -0.05) is 0 Å². The van der Waals surface area contributed by atoms with Crippen LogP contribution in [0.2, 0.25) is 0 Å². The number of carboxylic acid groups (broad SMARTS) is 1. The number of nitrogens with one attached hydrogen (secondary N) is 1. The summed E-state index contributed by atoms with van der Waals surface area (Å²) in [7, 11) is 0. The van der Waals surface area contributed by atoms with Crippen molar-refractivity contribution in [3.8, 4) is 0 Å². The number of pyridine rings is 1. The molecule has 0 spiro atoms. The molecule has 2 unspecified atom stereocenters. The van der Waals surface area contributed by atoms with Crippen molar-refractivity contribution in [3.05, 3.63) is 30.1 Å². The van der Waals surface area contributed by atoms with Gasteiger partial charge in [-0.2, -0.15) is 0 Å². The first kappa shape index (κ1) is 26.2. The van der Waals surface area contributed by atoms with Gasteiger partial charge in [0.1, 0.15) is 10.3 Å². The topological polar surface area (TPSA) is 118 Å². The number of amides is 2. The number of aromatic nitrogens is 1. The van der Waals surface area contributed by atoms with E-state index in [-0.39, 0.29) is 12.6 Å². The van der Waals surface area contributed by atoms with Crippen molar-refractivity contribution < 1.29 is 24.0 Å². The minimum atomic E-state index is -1.37. The zero-order valence-corrected chi connectivity index (χ0v) is 20.6. The molecule has 1 aliphatic rings. The van der Waals surface area contributed by atoms with E-state index in [9.17, 15) is 19.2 Å². The lowest BCUT2D eigenvalue weighted by atomic mass is 10.0. The number of rotatable bonds is 6. The maximum absolute atomic E-state index is 13.2. The van der Waals surface area contributed by atoms with Gasteiger partial charge in [-0.3, -0.25) is 4.98 Å². The lowest BCUT2D eigenvalue weighted by Gasteiger charge is -2.40. The second kappa shape index (κ2) is 10.7. The lowest BCUT2D eigenvalue weighted by Crippen LogP contribution is -2.53. The maximum atomic E-state index is 13.2. The summed E-state index contributed by atoms with van der Waals surface area (Å²) in [6, 6.07) is 3.06. The molecule has 1 saturated heterocycles. The van der Waals surface area contributed by atoms with E-state index in [1.807, 2.05) is 53.7 Å².